The van der Waals surface area contributed by atoms with Crippen molar-refractivity contribution < 1.29 is 19.3 Å². The van der Waals surface area contributed by atoms with Gasteiger partial charge in [-0.05, 0) is 29.8 Å². The van der Waals surface area contributed by atoms with Crippen molar-refractivity contribution >= 4 is 0 Å². The van der Waals surface area contributed by atoms with Crippen molar-refractivity contribution in [3.05, 3.63) is 54.1 Å². The smallest absolute Gasteiger partial charge is 0.161 e. The van der Waals surface area contributed by atoms with Gasteiger partial charge in [0.05, 0.1) is 13.2 Å². The Balaban J connectivity index is 1.67. The van der Waals surface area contributed by atoms with E-state index in [9.17, 15) is 5.11 Å². The summed E-state index contributed by atoms with van der Waals surface area (Å²) in [5.74, 6) is 2.15. The van der Waals surface area contributed by atoms with Gasteiger partial charge in [-0.15, -0.1) is 0 Å². The first-order chi connectivity index (χ1) is 10.3. The molecule has 110 valence electrons. The van der Waals surface area contributed by atoms with Crippen LogP contribution in [-0.2, 0) is 0 Å². The zero-order valence-electron chi connectivity index (χ0n) is 11.7. The van der Waals surface area contributed by atoms with Crippen LogP contribution in [0.1, 0.15) is 18.1 Å². The molecule has 4 heteroatoms. The van der Waals surface area contributed by atoms with Crippen LogP contribution in [0.15, 0.2) is 48.5 Å². The van der Waals surface area contributed by atoms with Gasteiger partial charge in [-0.2, -0.15) is 0 Å². The maximum absolute atomic E-state index is 10.2. The third-order valence-corrected chi connectivity index (χ3v) is 3.31. The molecule has 0 spiro atoms. The predicted octanol–water partition coefficient (Wildman–Crippen LogP) is 2.96. The highest BCUT2D eigenvalue weighted by molar-refractivity contribution is 5.44. The molecule has 1 heterocycles. The highest BCUT2D eigenvalue weighted by Crippen LogP contribution is 2.32. The maximum Gasteiger partial charge on any atom is 0.161 e. The number of rotatable bonds is 4. The van der Waals surface area contributed by atoms with Crippen molar-refractivity contribution in [2.75, 3.05) is 19.8 Å². The first-order valence-electron chi connectivity index (χ1n) is 7.08. The molecule has 1 atom stereocenters. The molecule has 2 aromatic carbocycles. The molecule has 0 radical (unpaired) electrons. The molecular weight excluding hydrogens is 268 g/mol. The highest BCUT2D eigenvalue weighted by Gasteiger charge is 2.15. The van der Waals surface area contributed by atoms with Gasteiger partial charge in [0.1, 0.15) is 18.5 Å². The normalized spacial score (nSPS) is 15.1. The van der Waals surface area contributed by atoms with Crippen LogP contribution in [0, 0.1) is 0 Å². The molecule has 2 aromatic rings. The molecule has 1 N–H and O–H groups in total. The maximum atomic E-state index is 10.2. The molecule has 0 aliphatic carbocycles. The summed E-state index contributed by atoms with van der Waals surface area (Å²) in [7, 11) is 0. The number of para-hydroxylation sites is 1. The van der Waals surface area contributed by atoms with Gasteiger partial charge in [-0.3, -0.25) is 0 Å². The molecule has 0 saturated carbocycles. The second-order valence-corrected chi connectivity index (χ2v) is 4.90. The number of hydrogen-bond acceptors (Lipinski definition) is 4. The molecule has 1 aliphatic rings. The summed E-state index contributed by atoms with van der Waals surface area (Å²) < 4.78 is 16.8. The summed E-state index contributed by atoms with van der Waals surface area (Å²) in [5, 5.41) is 10.2. The van der Waals surface area contributed by atoms with E-state index in [1.165, 1.54) is 0 Å². The molecule has 21 heavy (non-hydrogen) atoms. The first-order valence-corrected chi connectivity index (χ1v) is 7.08. The molecule has 0 amide bonds. The second-order valence-electron chi connectivity index (χ2n) is 4.90. The lowest BCUT2D eigenvalue weighted by Crippen LogP contribution is -2.10. The minimum Gasteiger partial charge on any atom is -0.491 e. The summed E-state index contributed by atoms with van der Waals surface area (Å²) in [6, 6.07) is 14.9. The van der Waals surface area contributed by atoms with Crippen LogP contribution in [0.2, 0.25) is 0 Å². The van der Waals surface area contributed by atoms with Crippen molar-refractivity contribution in [2.24, 2.45) is 0 Å². The van der Waals surface area contributed by atoms with Crippen LogP contribution in [-0.4, -0.2) is 24.9 Å². The largest absolute Gasteiger partial charge is 0.491 e. The van der Waals surface area contributed by atoms with E-state index < -0.39 is 6.10 Å². The number of ether oxygens (including phenoxy) is 3. The Labute approximate surface area is 123 Å². The van der Waals surface area contributed by atoms with Gasteiger partial charge in [-0.1, -0.05) is 24.3 Å². The molecule has 1 unspecified atom stereocenters. The minimum atomic E-state index is -0.706. The Kier molecular flexibility index (Phi) is 4.26. The van der Waals surface area contributed by atoms with E-state index in [1.54, 1.807) is 0 Å². The van der Waals surface area contributed by atoms with E-state index in [4.69, 9.17) is 14.2 Å². The number of hydrogen-bond donors (Lipinski definition) is 1. The minimum absolute atomic E-state index is 0.198. The SMILES string of the molecule is OC(COc1ccccc1)c1ccc2c(c1)OCCCO2. The Morgan fingerprint density at radius 3 is 2.57 bits per heavy atom. The van der Waals surface area contributed by atoms with Crippen LogP contribution in [0.5, 0.6) is 17.2 Å². The Hall–Kier alpha value is -2.20. The van der Waals surface area contributed by atoms with E-state index in [0.717, 1.165) is 23.5 Å². The van der Waals surface area contributed by atoms with E-state index in [2.05, 4.69) is 0 Å². The Morgan fingerprint density at radius 1 is 1.00 bits per heavy atom. The molecular formula is C17H18O4. The third kappa shape index (κ3) is 3.47. The van der Waals surface area contributed by atoms with Gasteiger partial charge in [0, 0.05) is 6.42 Å². The average molecular weight is 286 g/mol. The molecule has 0 aromatic heterocycles. The summed E-state index contributed by atoms with van der Waals surface area (Å²) in [6.45, 7) is 1.49. The van der Waals surface area contributed by atoms with Crippen LogP contribution in [0.25, 0.3) is 0 Å². The summed E-state index contributed by atoms with van der Waals surface area (Å²) in [6.07, 6.45) is 0.159. The topological polar surface area (TPSA) is 47.9 Å². The van der Waals surface area contributed by atoms with Gasteiger partial charge in [0.15, 0.2) is 11.5 Å². The quantitative estimate of drug-likeness (QED) is 0.938. The Morgan fingerprint density at radius 2 is 1.76 bits per heavy atom. The van der Waals surface area contributed by atoms with Crippen molar-refractivity contribution in [1.82, 2.24) is 0 Å². The molecule has 0 bridgehead atoms. The molecule has 4 nitrogen and oxygen atoms in total. The average Bonchev–Trinajstić information content (AvgIpc) is 2.78. The van der Waals surface area contributed by atoms with E-state index >= 15 is 0 Å². The summed E-state index contributed by atoms with van der Waals surface area (Å²) >= 11 is 0. The van der Waals surface area contributed by atoms with Crippen molar-refractivity contribution in [2.45, 2.75) is 12.5 Å². The zero-order valence-corrected chi connectivity index (χ0v) is 11.7. The van der Waals surface area contributed by atoms with Crippen molar-refractivity contribution in [1.29, 1.82) is 0 Å². The standard InChI is InChI=1S/C17H18O4/c18-15(12-21-14-5-2-1-3-6-14)13-7-8-16-17(11-13)20-10-4-9-19-16/h1-3,5-8,11,15,18H,4,9-10,12H2. The van der Waals surface area contributed by atoms with E-state index in [-0.39, 0.29) is 6.61 Å². The number of aliphatic hydroxyl groups is 1. The predicted molar refractivity (Wildman–Crippen MR) is 78.9 cm³/mol. The van der Waals surface area contributed by atoms with Crippen LogP contribution < -0.4 is 14.2 Å². The van der Waals surface area contributed by atoms with Gasteiger partial charge in [0.2, 0.25) is 0 Å². The fourth-order valence-corrected chi connectivity index (χ4v) is 2.18. The first kappa shape index (κ1) is 13.8. The lowest BCUT2D eigenvalue weighted by atomic mass is 10.1. The number of benzene rings is 2. The van der Waals surface area contributed by atoms with E-state index in [0.29, 0.717) is 19.0 Å². The molecule has 3 rings (SSSR count). The Bertz CT molecular complexity index is 583. The fourth-order valence-electron chi connectivity index (χ4n) is 2.18. The lowest BCUT2D eigenvalue weighted by Gasteiger charge is -2.15. The van der Waals surface area contributed by atoms with Gasteiger partial charge < -0.3 is 19.3 Å². The third-order valence-electron chi connectivity index (χ3n) is 3.31. The number of fused-ring (bicyclic) bond motifs is 1. The highest BCUT2D eigenvalue weighted by atomic mass is 16.5. The molecule has 0 fully saturated rings. The zero-order chi connectivity index (χ0) is 14.5. The van der Waals surface area contributed by atoms with Crippen molar-refractivity contribution in [3.63, 3.8) is 0 Å². The van der Waals surface area contributed by atoms with Crippen LogP contribution in [0.4, 0.5) is 0 Å². The fraction of sp³-hybridized carbons (Fsp3) is 0.294. The lowest BCUT2D eigenvalue weighted by molar-refractivity contribution is 0.108. The summed E-state index contributed by atoms with van der Waals surface area (Å²) in [4.78, 5) is 0. The second kappa shape index (κ2) is 6.50. The summed E-state index contributed by atoms with van der Waals surface area (Å²) in [5.41, 5.74) is 0.759. The van der Waals surface area contributed by atoms with Gasteiger partial charge in [0.25, 0.3) is 0 Å². The molecule has 0 saturated heterocycles. The van der Waals surface area contributed by atoms with Gasteiger partial charge in [-0.25, -0.2) is 0 Å². The van der Waals surface area contributed by atoms with Crippen molar-refractivity contribution in [3.8, 4) is 17.2 Å². The van der Waals surface area contributed by atoms with Crippen LogP contribution in [0.3, 0.4) is 0 Å². The monoisotopic (exact) mass is 286 g/mol. The van der Waals surface area contributed by atoms with Crippen LogP contribution >= 0.6 is 0 Å². The van der Waals surface area contributed by atoms with E-state index in [1.807, 2.05) is 48.5 Å². The molecule has 1 aliphatic heterocycles. The number of aliphatic hydroxyl groups excluding tert-OH is 1. The van der Waals surface area contributed by atoms with Gasteiger partial charge >= 0.3 is 0 Å².